The molecule has 0 saturated heterocycles. The molecule has 0 radical (unpaired) electrons. The molecule has 2 N–H and O–H groups in total. The van der Waals surface area contributed by atoms with E-state index in [0.717, 1.165) is 5.69 Å². The Morgan fingerprint density at radius 3 is 2.52 bits per heavy atom. The molecule has 2 amide bonds. The Kier molecular flexibility index (Phi) is 6.93. The summed E-state index contributed by atoms with van der Waals surface area (Å²) >= 11 is 1.22. The Morgan fingerprint density at radius 2 is 1.88 bits per heavy atom. The zero-order valence-corrected chi connectivity index (χ0v) is 15.3. The summed E-state index contributed by atoms with van der Waals surface area (Å²) in [7, 11) is 0. The number of carbonyl (C=O) groups is 2. The zero-order valence-electron chi connectivity index (χ0n) is 14.5. The van der Waals surface area contributed by atoms with E-state index in [1.165, 1.54) is 17.3 Å². The first-order chi connectivity index (χ1) is 12.0. The van der Waals surface area contributed by atoms with Gasteiger partial charge < -0.3 is 10.6 Å². The van der Waals surface area contributed by atoms with Gasteiger partial charge in [-0.25, -0.2) is 0 Å². The predicted octanol–water partition coefficient (Wildman–Crippen LogP) is 1.13. The van der Waals surface area contributed by atoms with Gasteiger partial charge in [-0.1, -0.05) is 37.7 Å². The normalized spacial score (nSPS) is 10.7. The molecule has 0 aliphatic heterocycles. The monoisotopic (exact) mass is 362 g/mol. The lowest BCUT2D eigenvalue weighted by Gasteiger charge is -2.08. The molecular weight excluding hydrogens is 340 g/mol. The van der Waals surface area contributed by atoms with Gasteiger partial charge in [0.2, 0.25) is 17.0 Å². The fraction of sp³-hybridized carbons (Fsp3) is 0.438. The second-order valence-corrected chi connectivity index (χ2v) is 6.58. The van der Waals surface area contributed by atoms with Gasteiger partial charge >= 0.3 is 0 Å². The molecule has 1 aromatic heterocycles. The summed E-state index contributed by atoms with van der Waals surface area (Å²) in [5.41, 5.74) is 2.07. The summed E-state index contributed by atoms with van der Waals surface area (Å²) in [6.45, 7) is 6.59. The van der Waals surface area contributed by atoms with Crippen LogP contribution < -0.4 is 10.6 Å². The summed E-state index contributed by atoms with van der Waals surface area (Å²) in [5.74, 6) is 0.117. The summed E-state index contributed by atoms with van der Waals surface area (Å²) in [5, 5.41) is 17.3. The number of hydrogen-bond acceptors (Lipinski definition) is 6. The Morgan fingerprint density at radius 1 is 1.16 bits per heavy atom. The number of likely N-dealkylation sites (N-methyl/N-ethyl adjacent to an activating group) is 1. The van der Waals surface area contributed by atoms with Crippen LogP contribution in [-0.4, -0.2) is 50.9 Å². The molecule has 1 heterocycles. The van der Waals surface area contributed by atoms with Gasteiger partial charge in [-0.3, -0.25) is 9.59 Å². The molecule has 2 aromatic rings. The maximum absolute atomic E-state index is 11.8. The third-order valence-electron chi connectivity index (χ3n) is 3.40. The average molecular weight is 362 g/mol. The maximum Gasteiger partial charge on any atom is 0.239 e. The van der Waals surface area contributed by atoms with E-state index >= 15 is 0 Å². The summed E-state index contributed by atoms with van der Waals surface area (Å²) in [6.07, 6.45) is 0. The van der Waals surface area contributed by atoms with E-state index in [4.69, 9.17) is 0 Å². The molecule has 134 valence electrons. The zero-order chi connectivity index (χ0) is 18.2. The Balaban J connectivity index is 1.93. The third-order valence-corrected chi connectivity index (χ3v) is 4.32. The highest BCUT2D eigenvalue weighted by Crippen LogP contribution is 2.20. The van der Waals surface area contributed by atoms with Gasteiger partial charge in [-0.05, 0) is 41.0 Å². The number of benzene rings is 1. The number of nitrogens with zero attached hydrogens (tertiary/aromatic N) is 4. The molecule has 0 bridgehead atoms. The van der Waals surface area contributed by atoms with Gasteiger partial charge in [0.1, 0.15) is 0 Å². The number of rotatable bonds is 8. The van der Waals surface area contributed by atoms with Crippen molar-refractivity contribution < 1.29 is 9.59 Å². The molecule has 8 nitrogen and oxygen atoms in total. The summed E-state index contributed by atoms with van der Waals surface area (Å²) in [6, 6.07) is 7.97. The molecule has 9 heteroatoms. The van der Waals surface area contributed by atoms with Crippen molar-refractivity contribution in [2.75, 3.05) is 18.8 Å². The molecule has 0 aliphatic carbocycles. The van der Waals surface area contributed by atoms with E-state index in [2.05, 4.69) is 40.0 Å². The number of aromatic nitrogens is 4. The lowest BCUT2D eigenvalue weighted by Crippen LogP contribution is -2.37. The smallest absolute Gasteiger partial charge is 0.239 e. The minimum absolute atomic E-state index is 0.0329. The number of tetrazole rings is 1. The van der Waals surface area contributed by atoms with Crippen LogP contribution >= 0.6 is 11.8 Å². The van der Waals surface area contributed by atoms with E-state index in [-0.39, 0.29) is 24.1 Å². The van der Waals surface area contributed by atoms with Crippen LogP contribution in [0.4, 0.5) is 0 Å². The minimum Gasteiger partial charge on any atom is -0.355 e. The van der Waals surface area contributed by atoms with Crippen LogP contribution in [-0.2, 0) is 9.59 Å². The standard InChI is InChI=1S/C16H22N6O2S/c1-4-17-14(23)9-18-15(24)10-25-16-19-20-21-22(16)13-7-5-12(6-8-13)11(2)3/h5-8,11H,4,9-10H2,1-3H3,(H,17,23)(H,18,24). The molecule has 0 atom stereocenters. The molecule has 0 aliphatic rings. The number of amides is 2. The Hall–Kier alpha value is -2.42. The van der Waals surface area contributed by atoms with Crippen LogP contribution in [0.2, 0.25) is 0 Å². The Bertz CT molecular complexity index is 714. The summed E-state index contributed by atoms with van der Waals surface area (Å²) in [4.78, 5) is 23.2. The molecule has 0 unspecified atom stereocenters. The van der Waals surface area contributed by atoms with Crippen molar-refractivity contribution in [2.24, 2.45) is 0 Å². The lowest BCUT2D eigenvalue weighted by atomic mass is 10.0. The molecule has 0 fully saturated rings. The highest BCUT2D eigenvalue weighted by atomic mass is 32.2. The van der Waals surface area contributed by atoms with Gasteiger partial charge in [-0.15, -0.1) is 5.10 Å². The fourth-order valence-corrected chi connectivity index (χ4v) is 2.77. The van der Waals surface area contributed by atoms with Gasteiger partial charge in [-0.2, -0.15) is 4.68 Å². The van der Waals surface area contributed by atoms with Gasteiger partial charge in [0.25, 0.3) is 0 Å². The molecule has 25 heavy (non-hydrogen) atoms. The van der Waals surface area contributed by atoms with Crippen LogP contribution in [0.1, 0.15) is 32.3 Å². The van der Waals surface area contributed by atoms with Crippen LogP contribution in [0.25, 0.3) is 5.69 Å². The quantitative estimate of drug-likeness (QED) is 0.683. The van der Waals surface area contributed by atoms with Crippen molar-refractivity contribution >= 4 is 23.6 Å². The third kappa shape index (κ3) is 5.56. The SMILES string of the molecule is CCNC(=O)CNC(=O)CSc1nnnn1-c1ccc(C(C)C)cc1. The highest BCUT2D eigenvalue weighted by molar-refractivity contribution is 7.99. The molecule has 2 rings (SSSR count). The van der Waals surface area contributed by atoms with E-state index < -0.39 is 0 Å². The second kappa shape index (κ2) is 9.16. The van der Waals surface area contributed by atoms with Crippen LogP contribution in [0.15, 0.2) is 29.4 Å². The van der Waals surface area contributed by atoms with Gasteiger partial charge in [0.05, 0.1) is 18.0 Å². The summed E-state index contributed by atoms with van der Waals surface area (Å²) < 4.78 is 1.59. The first-order valence-corrected chi connectivity index (χ1v) is 9.04. The van der Waals surface area contributed by atoms with Gasteiger partial charge in [0, 0.05) is 6.54 Å². The number of nitrogens with one attached hydrogen (secondary N) is 2. The molecule has 0 spiro atoms. The number of thioether (sulfide) groups is 1. The van der Waals surface area contributed by atoms with Crippen molar-refractivity contribution in [2.45, 2.75) is 31.8 Å². The van der Waals surface area contributed by atoms with Crippen molar-refractivity contribution in [1.29, 1.82) is 0 Å². The maximum atomic E-state index is 11.8. The van der Waals surface area contributed by atoms with E-state index in [9.17, 15) is 9.59 Å². The van der Waals surface area contributed by atoms with Crippen molar-refractivity contribution in [3.05, 3.63) is 29.8 Å². The first kappa shape index (κ1) is 18.9. The van der Waals surface area contributed by atoms with E-state index in [0.29, 0.717) is 17.6 Å². The molecular formula is C16H22N6O2S. The average Bonchev–Trinajstić information content (AvgIpc) is 3.07. The predicted molar refractivity (Wildman–Crippen MR) is 95.7 cm³/mol. The van der Waals surface area contributed by atoms with E-state index in [1.54, 1.807) is 4.68 Å². The number of carbonyl (C=O) groups excluding carboxylic acids is 2. The lowest BCUT2D eigenvalue weighted by molar-refractivity contribution is -0.124. The van der Waals surface area contributed by atoms with Crippen molar-refractivity contribution in [3.8, 4) is 5.69 Å². The van der Waals surface area contributed by atoms with Crippen LogP contribution in [0, 0.1) is 0 Å². The number of hydrogen-bond donors (Lipinski definition) is 2. The largest absolute Gasteiger partial charge is 0.355 e. The molecule has 0 saturated carbocycles. The second-order valence-electron chi connectivity index (χ2n) is 5.64. The fourth-order valence-electron chi connectivity index (χ4n) is 2.05. The van der Waals surface area contributed by atoms with Gasteiger partial charge in [0.15, 0.2) is 0 Å². The van der Waals surface area contributed by atoms with E-state index in [1.807, 2.05) is 31.2 Å². The Labute approximate surface area is 150 Å². The van der Waals surface area contributed by atoms with Crippen LogP contribution in [0.3, 0.4) is 0 Å². The highest BCUT2D eigenvalue weighted by Gasteiger charge is 2.12. The molecule has 1 aromatic carbocycles. The minimum atomic E-state index is -0.249. The van der Waals surface area contributed by atoms with Crippen molar-refractivity contribution in [1.82, 2.24) is 30.8 Å². The van der Waals surface area contributed by atoms with Crippen molar-refractivity contribution in [3.63, 3.8) is 0 Å². The first-order valence-electron chi connectivity index (χ1n) is 8.06. The van der Waals surface area contributed by atoms with Crippen LogP contribution in [0.5, 0.6) is 0 Å². The topological polar surface area (TPSA) is 102 Å².